The van der Waals surface area contributed by atoms with Gasteiger partial charge in [0.05, 0.1) is 23.8 Å². The molecule has 8 heteroatoms. The Bertz CT molecular complexity index is 696. The molecule has 160 valence electrons. The van der Waals surface area contributed by atoms with Gasteiger partial charge < -0.3 is 15.4 Å². The molecule has 0 aliphatic heterocycles. The van der Waals surface area contributed by atoms with Gasteiger partial charge in [-0.05, 0) is 18.9 Å². The Balaban J connectivity index is 1.94. The minimum atomic E-state index is -0.803. The van der Waals surface area contributed by atoms with E-state index in [-0.39, 0.29) is 23.2 Å². The number of nitro benzene ring substituents is 1. The Morgan fingerprint density at radius 3 is 2.03 bits per heavy atom. The molecule has 0 aromatic heterocycles. The highest BCUT2D eigenvalue weighted by Gasteiger charge is 2.21. The van der Waals surface area contributed by atoms with Crippen LogP contribution < -0.4 is 15.4 Å². The number of hydrogen-bond donors (Lipinski definition) is 2. The summed E-state index contributed by atoms with van der Waals surface area (Å²) in [7, 11) is 1.35. The first kappa shape index (κ1) is 22.6. The molecule has 29 heavy (non-hydrogen) atoms. The van der Waals surface area contributed by atoms with Crippen molar-refractivity contribution < 1.29 is 19.2 Å². The quantitative estimate of drug-likeness (QED) is 0.440. The summed E-state index contributed by atoms with van der Waals surface area (Å²) in [5, 5.41) is 16.2. The molecule has 0 heterocycles. The molecule has 1 saturated carbocycles. The topological polar surface area (TPSA) is 111 Å². The summed E-state index contributed by atoms with van der Waals surface area (Å²) in [4.78, 5) is 35.0. The molecule has 0 bridgehead atoms. The SMILES string of the molecule is COc1cc([N+](=O)[O-])ccc1NC(=O)C(=O)NC1CCCCCCCCCCC1. The number of amides is 2. The van der Waals surface area contributed by atoms with Crippen molar-refractivity contribution in [3.63, 3.8) is 0 Å². The Hall–Kier alpha value is -2.64. The predicted molar refractivity (Wildman–Crippen MR) is 111 cm³/mol. The van der Waals surface area contributed by atoms with Crippen molar-refractivity contribution in [3.05, 3.63) is 28.3 Å². The molecule has 1 aliphatic rings. The third kappa shape index (κ3) is 7.71. The summed E-state index contributed by atoms with van der Waals surface area (Å²) in [5.41, 5.74) is 0.0643. The van der Waals surface area contributed by atoms with Gasteiger partial charge in [-0.25, -0.2) is 0 Å². The normalized spacial score (nSPS) is 16.7. The van der Waals surface area contributed by atoms with Gasteiger partial charge in [-0.15, -0.1) is 0 Å². The largest absolute Gasteiger partial charge is 0.494 e. The fourth-order valence-electron chi connectivity index (χ4n) is 3.63. The zero-order chi connectivity index (χ0) is 21.1. The Morgan fingerprint density at radius 1 is 0.966 bits per heavy atom. The summed E-state index contributed by atoms with van der Waals surface area (Å²) < 4.78 is 5.09. The molecule has 2 amide bonds. The van der Waals surface area contributed by atoms with E-state index < -0.39 is 16.7 Å². The molecule has 0 radical (unpaired) electrons. The number of rotatable bonds is 4. The van der Waals surface area contributed by atoms with E-state index in [1.54, 1.807) is 0 Å². The van der Waals surface area contributed by atoms with Crippen LogP contribution in [0.5, 0.6) is 5.75 Å². The van der Waals surface area contributed by atoms with E-state index in [9.17, 15) is 19.7 Å². The second-order valence-electron chi connectivity index (χ2n) is 7.53. The van der Waals surface area contributed by atoms with Crippen LogP contribution in [0.4, 0.5) is 11.4 Å². The molecular formula is C21H31N3O5. The number of nitro groups is 1. The maximum Gasteiger partial charge on any atom is 0.313 e. The van der Waals surface area contributed by atoms with Gasteiger partial charge in [0.1, 0.15) is 5.75 Å². The fourth-order valence-corrected chi connectivity index (χ4v) is 3.63. The highest BCUT2D eigenvalue weighted by atomic mass is 16.6. The molecule has 2 N–H and O–H groups in total. The molecule has 0 unspecified atom stereocenters. The lowest BCUT2D eigenvalue weighted by Gasteiger charge is -2.19. The smallest absolute Gasteiger partial charge is 0.313 e. The van der Waals surface area contributed by atoms with Crippen LogP contribution in [0.1, 0.15) is 70.6 Å². The summed E-state index contributed by atoms with van der Waals surface area (Å²) in [6, 6.07) is 3.81. The van der Waals surface area contributed by atoms with E-state index in [1.807, 2.05) is 0 Å². The zero-order valence-corrected chi connectivity index (χ0v) is 17.1. The van der Waals surface area contributed by atoms with Gasteiger partial charge in [0.2, 0.25) is 0 Å². The van der Waals surface area contributed by atoms with Gasteiger partial charge in [0.25, 0.3) is 5.69 Å². The molecular weight excluding hydrogens is 374 g/mol. The monoisotopic (exact) mass is 405 g/mol. The second-order valence-corrected chi connectivity index (χ2v) is 7.53. The number of non-ortho nitro benzene ring substituents is 1. The molecule has 1 aromatic carbocycles. The molecule has 1 aliphatic carbocycles. The van der Waals surface area contributed by atoms with Gasteiger partial charge in [-0.3, -0.25) is 19.7 Å². The van der Waals surface area contributed by atoms with Crippen LogP contribution >= 0.6 is 0 Å². The first-order chi connectivity index (χ1) is 14.0. The third-order valence-corrected chi connectivity index (χ3v) is 5.29. The average molecular weight is 405 g/mol. The summed E-state index contributed by atoms with van der Waals surface area (Å²) in [5.74, 6) is -1.36. The van der Waals surface area contributed by atoms with E-state index in [0.717, 1.165) is 38.5 Å². The lowest BCUT2D eigenvalue weighted by molar-refractivity contribution is -0.384. The Kier molecular flexibility index (Phi) is 9.40. The highest BCUT2D eigenvalue weighted by molar-refractivity contribution is 6.39. The minimum absolute atomic E-state index is 0.00793. The zero-order valence-electron chi connectivity index (χ0n) is 17.1. The van der Waals surface area contributed by atoms with E-state index >= 15 is 0 Å². The van der Waals surface area contributed by atoms with Crippen LogP contribution in [0.3, 0.4) is 0 Å². The van der Waals surface area contributed by atoms with Crippen molar-refractivity contribution in [2.45, 2.75) is 76.7 Å². The van der Waals surface area contributed by atoms with Crippen LogP contribution in [0.15, 0.2) is 18.2 Å². The Morgan fingerprint density at radius 2 is 1.52 bits per heavy atom. The van der Waals surface area contributed by atoms with Crippen molar-refractivity contribution in [1.82, 2.24) is 5.32 Å². The standard InChI is InChI=1S/C21H31N3O5/c1-29-19-15-17(24(27)28)13-14-18(19)23-21(26)20(25)22-16-11-9-7-5-3-2-4-6-8-10-12-16/h13-16H,2-12H2,1H3,(H,22,25)(H,23,26). The number of methoxy groups -OCH3 is 1. The number of ether oxygens (including phenoxy) is 1. The fraction of sp³-hybridized carbons (Fsp3) is 0.619. The van der Waals surface area contributed by atoms with Crippen LogP contribution in [0, 0.1) is 10.1 Å². The summed E-state index contributed by atoms with van der Waals surface area (Å²) >= 11 is 0. The van der Waals surface area contributed by atoms with Gasteiger partial charge in [-0.1, -0.05) is 57.8 Å². The minimum Gasteiger partial charge on any atom is -0.494 e. The van der Waals surface area contributed by atoms with Crippen molar-refractivity contribution in [2.24, 2.45) is 0 Å². The third-order valence-electron chi connectivity index (χ3n) is 5.29. The number of benzene rings is 1. The maximum atomic E-state index is 12.4. The predicted octanol–water partition coefficient (Wildman–Crippen LogP) is 4.33. The molecule has 0 spiro atoms. The molecule has 1 aromatic rings. The lowest BCUT2D eigenvalue weighted by Crippen LogP contribution is -2.42. The molecule has 0 atom stereocenters. The van der Waals surface area contributed by atoms with Gasteiger partial charge in [0.15, 0.2) is 0 Å². The van der Waals surface area contributed by atoms with E-state index in [1.165, 1.54) is 57.4 Å². The molecule has 1 fully saturated rings. The van der Waals surface area contributed by atoms with Crippen molar-refractivity contribution in [3.8, 4) is 5.75 Å². The first-order valence-electron chi connectivity index (χ1n) is 10.5. The number of anilines is 1. The van der Waals surface area contributed by atoms with E-state index in [4.69, 9.17) is 4.74 Å². The highest BCUT2D eigenvalue weighted by Crippen LogP contribution is 2.29. The van der Waals surface area contributed by atoms with Crippen LogP contribution in [-0.2, 0) is 9.59 Å². The van der Waals surface area contributed by atoms with Crippen molar-refractivity contribution in [1.29, 1.82) is 0 Å². The average Bonchev–Trinajstić information content (AvgIpc) is 2.70. The van der Waals surface area contributed by atoms with Crippen LogP contribution in [0.2, 0.25) is 0 Å². The first-order valence-corrected chi connectivity index (χ1v) is 10.5. The number of nitrogens with one attached hydrogen (secondary N) is 2. The summed E-state index contributed by atoms with van der Waals surface area (Å²) in [6.07, 6.45) is 12.4. The van der Waals surface area contributed by atoms with Gasteiger partial charge >= 0.3 is 11.8 Å². The lowest BCUT2D eigenvalue weighted by atomic mass is 9.98. The van der Waals surface area contributed by atoms with Crippen LogP contribution in [0.25, 0.3) is 0 Å². The maximum absolute atomic E-state index is 12.4. The number of carbonyl (C=O) groups is 2. The number of nitrogens with zero attached hydrogens (tertiary/aromatic N) is 1. The van der Waals surface area contributed by atoms with E-state index in [0.29, 0.717) is 0 Å². The van der Waals surface area contributed by atoms with Gasteiger partial charge in [0, 0.05) is 12.1 Å². The van der Waals surface area contributed by atoms with Crippen molar-refractivity contribution in [2.75, 3.05) is 12.4 Å². The second kappa shape index (κ2) is 12.0. The Labute approximate surface area is 171 Å². The number of carbonyl (C=O) groups excluding carboxylic acids is 2. The van der Waals surface area contributed by atoms with Crippen molar-refractivity contribution >= 4 is 23.2 Å². The molecule has 2 rings (SSSR count). The van der Waals surface area contributed by atoms with E-state index in [2.05, 4.69) is 10.6 Å². The van der Waals surface area contributed by atoms with Gasteiger partial charge in [-0.2, -0.15) is 0 Å². The summed E-state index contributed by atoms with van der Waals surface area (Å²) in [6.45, 7) is 0. The molecule has 0 saturated heterocycles. The molecule has 8 nitrogen and oxygen atoms in total. The van der Waals surface area contributed by atoms with Crippen LogP contribution in [-0.4, -0.2) is 29.9 Å². The number of hydrogen-bond acceptors (Lipinski definition) is 5.